The second-order valence-corrected chi connectivity index (χ2v) is 6.15. The third-order valence-corrected chi connectivity index (χ3v) is 4.40. The van der Waals surface area contributed by atoms with Gasteiger partial charge in [0.15, 0.2) is 11.5 Å². The van der Waals surface area contributed by atoms with Crippen LogP contribution < -0.4 is 9.47 Å². The van der Waals surface area contributed by atoms with Gasteiger partial charge in [0.2, 0.25) is 5.91 Å². The van der Waals surface area contributed by atoms with Crippen LogP contribution in [0.5, 0.6) is 11.5 Å². The maximum atomic E-state index is 12.3. The Hall–Kier alpha value is -2.21. The first kappa shape index (κ1) is 19.1. The fourth-order valence-electron chi connectivity index (χ4n) is 2.74. The quantitative estimate of drug-likeness (QED) is 0.782. The Morgan fingerprint density at radius 2 is 2.04 bits per heavy atom. The van der Waals surface area contributed by atoms with Crippen LogP contribution in [0.2, 0.25) is 5.02 Å². The number of carbonyl (C=O) groups excluding carboxylic acids is 1. The van der Waals surface area contributed by atoms with E-state index in [2.05, 4.69) is 0 Å². The summed E-state index contributed by atoms with van der Waals surface area (Å²) in [5, 5.41) is 9.41. The molecule has 0 atom stereocenters. The summed E-state index contributed by atoms with van der Waals surface area (Å²) in [4.78, 5) is 24.9. The number of aliphatic carboxylic acids is 1. The molecule has 0 saturated carbocycles. The summed E-state index contributed by atoms with van der Waals surface area (Å²) in [6.45, 7) is 3.23. The Bertz CT molecular complexity index is 666. The molecule has 0 spiro atoms. The van der Waals surface area contributed by atoms with Crippen LogP contribution in [0, 0.1) is 5.92 Å². The number of methoxy groups -OCH3 is 1. The zero-order valence-electron chi connectivity index (χ0n) is 14.3. The Kier molecular flexibility index (Phi) is 6.70. The van der Waals surface area contributed by atoms with E-state index < -0.39 is 5.97 Å². The average molecular weight is 368 g/mol. The second-order valence-electron chi connectivity index (χ2n) is 5.74. The highest BCUT2D eigenvalue weighted by Gasteiger charge is 2.26. The van der Waals surface area contributed by atoms with Crippen LogP contribution in [-0.2, 0) is 9.59 Å². The fraction of sp³-hybridized carbons (Fsp3) is 0.444. The molecule has 1 fully saturated rings. The number of hydrogen-bond donors (Lipinski definition) is 1. The number of likely N-dealkylation sites (tertiary alicyclic amines) is 1. The molecule has 7 heteroatoms. The zero-order chi connectivity index (χ0) is 18.4. The molecule has 1 amide bonds. The van der Waals surface area contributed by atoms with Crippen LogP contribution in [-0.4, -0.2) is 48.7 Å². The summed E-state index contributed by atoms with van der Waals surface area (Å²) in [5.41, 5.74) is 0.721. The van der Waals surface area contributed by atoms with Crippen molar-refractivity contribution in [2.45, 2.75) is 19.8 Å². The first-order chi connectivity index (χ1) is 12.0. The van der Waals surface area contributed by atoms with Gasteiger partial charge in [-0.25, -0.2) is 0 Å². The summed E-state index contributed by atoms with van der Waals surface area (Å²) in [6.07, 6.45) is 4.09. The van der Waals surface area contributed by atoms with Crippen LogP contribution in [0.15, 0.2) is 18.2 Å². The Labute approximate surface area is 152 Å². The number of halogens is 1. The number of nitrogens with zero attached hydrogens (tertiary/aromatic N) is 1. The van der Waals surface area contributed by atoms with Crippen LogP contribution in [0.4, 0.5) is 0 Å². The molecule has 1 saturated heterocycles. The SMILES string of the molecule is CCOc1c(Cl)cc(C=CC(=O)N2CCC(C(=O)O)CC2)cc1OC. The molecule has 0 bridgehead atoms. The first-order valence-corrected chi connectivity index (χ1v) is 8.54. The topological polar surface area (TPSA) is 76.1 Å². The molecule has 1 aliphatic rings. The van der Waals surface area contributed by atoms with E-state index in [1.807, 2.05) is 6.92 Å². The fourth-order valence-corrected chi connectivity index (χ4v) is 3.01. The molecule has 136 valence electrons. The van der Waals surface area contributed by atoms with E-state index in [0.29, 0.717) is 49.1 Å². The van der Waals surface area contributed by atoms with Crippen molar-refractivity contribution >= 4 is 29.6 Å². The van der Waals surface area contributed by atoms with E-state index in [4.69, 9.17) is 26.2 Å². The lowest BCUT2D eigenvalue weighted by Crippen LogP contribution is -2.39. The Balaban J connectivity index is 2.05. The lowest BCUT2D eigenvalue weighted by molar-refractivity contribution is -0.144. The summed E-state index contributed by atoms with van der Waals surface area (Å²) >= 11 is 6.21. The molecular weight excluding hydrogens is 346 g/mol. The van der Waals surface area contributed by atoms with Crippen molar-refractivity contribution in [1.82, 2.24) is 4.90 Å². The normalized spacial score (nSPS) is 15.4. The highest BCUT2D eigenvalue weighted by molar-refractivity contribution is 6.32. The van der Waals surface area contributed by atoms with Crippen molar-refractivity contribution in [3.05, 3.63) is 28.8 Å². The number of rotatable bonds is 6. The maximum Gasteiger partial charge on any atom is 0.306 e. The van der Waals surface area contributed by atoms with E-state index in [0.717, 1.165) is 5.56 Å². The minimum Gasteiger partial charge on any atom is -0.493 e. The van der Waals surface area contributed by atoms with Gasteiger partial charge in [-0.05, 0) is 43.5 Å². The summed E-state index contributed by atoms with van der Waals surface area (Å²) in [6, 6.07) is 3.45. The van der Waals surface area contributed by atoms with Crippen molar-refractivity contribution in [3.8, 4) is 11.5 Å². The molecule has 0 aromatic heterocycles. The summed E-state index contributed by atoms with van der Waals surface area (Å²) < 4.78 is 10.7. The number of carboxylic acids is 1. The van der Waals surface area contributed by atoms with Gasteiger partial charge in [0.05, 0.1) is 24.7 Å². The molecule has 0 radical (unpaired) electrons. The molecule has 1 aliphatic heterocycles. The summed E-state index contributed by atoms with van der Waals surface area (Å²) in [5.74, 6) is -0.316. The number of carboxylic acid groups (broad SMARTS) is 1. The van der Waals surface area contributed by atoms with E-state index >= 15 is 0 Å². The lowest BCUT2D eigenvalue weighted by Gasteiger charge is -2.29. The smallest absolute Gasteiger partial charge is 0.306 e. The van der Waals surface area contributed by atoms with Gasteiger partial charge in [-0.3, -0.25) is 9.59 Å². The molecule has 6 nitrogen and oxygen atoms in total. The summed E-state index contributed by atoms with van der Waals surface area (Å²) in [7, 11) is 1.53. The molecule has 0 unspecified atom stereocenters. The number of amides is 1. The van der Waals surface area contributed by atoms with E-state index in [1.54, 1.807) is 23.1 Å². The van der Waals surface area contributed by atoms with Crippen LogP contribution in [0.25, 0.3) is 6.08 Å². The number of hydrogen-bond acceptors (Lipinski definition) is 4. The number of benzene rings is 1. The van der Waals surface area contributed by atoms with Crippen molar-refractivity contribution in [2.24, 2.45) is 5.92 Å². The highest BCUT2D eigenvalue weighted by atomic mass is 35.5. The van der Waals surface area contributed by atoms with E-state index in [9.17, 15) is 9.59 Å². The number of carbonyl (C=O) groups is 2. The van der Waals surface area contributed by atoms with Crippen LogP contribution in [0.3, 0.4) is 0 Å². The molecule has 1 aromatic carbocycles. The van der Waals surface area contributed by atoms with Gasteiger partial charge >= 0.3 is 5.97 Å². The van der Waals surface area contributed by atoms with Gasteiger partial charge < -0.3 is 19.5 Å². The predicted octanol–water partition coefficient (Wildman–Crippen LogP) is 3.08. The van der Waals surface area contributed by atoms with Crippen LogP contribution >= 0.6 is 11.6 Å². The second kappa shape index (κ2) is 8.76. The third kappa shape index (κ3) is 4.89. The molecule has 2 rings (SSSR count). The minimum atomic E-state index is -0.793. The van der Waals surface area contributed by atoms with Gasteiger partial charge in [-0.15, -0.1) is 0 Å². The van der Waals surface area contributed by atoms with Gasteiger partial charge in [-0.1, -0.05) is 11.6 Å². The zero-order valence-corrected chi connectivity index (χ0v) is 15.1. The first-order valence-electron chi connectivity index (χ1n) is 8.16. The number of piperidine rings is 1. The van der Waals surface area contributed by atoms with Crippen molar-refractivity contribution < 1.29 is 24.2 Å². The molecule has 1 aromatic rings. The van der Waals surface area contributed by atoms with Gasteiger partial charge in [0, 0.05) is 19.2 Å². The molecule has 0 aliphatic carbocycles. The monoisotopic (exact) mass is 367 g/mol. The minimum absolute atomic E-state index is 0.146. The van der Waals surface area contributed by atoms with Gasteiger partial charge in [-0.2, -0.15) is 0 Å². The van der Waals surface area contributed by atoms with E-state index in [-0.39, 0.29) is 11.8 Å². The van der Waals surface area contributed by atoms with Crippen molar-refractivity contribution in [1.29, 1.82) is 0 Å². The molecule has 1 N–H and O–H groups in total. The molecule has 25 heavy (non-hydrogen) atoms. The largest absolute Gasteiger partial charge is 0.493 e. The van der Waals surface area contributed by atoms with Gasteiger partial charge in [0.1, 0.15) is 0 Å². The predicted molar refractivity (Wildman–Crippen MR) is 95.1 cm³/mol. The highest BCUT2D eigenvalue weighted by Crippen LogP contribution is 2.36. The maximum absolute atomic E-state index is 12.3. The standard InChI is InChI=1S/C18H22ClNO5/c1-3-25-17-14(19)10-12(11-15(17)24-2)4-5-16(21)20-8-6-13(7-9-20)18(22)23/h4-5,10-11,13H,3,6-9H2,1-2H3,(H,22,23). The van der Waals surface area contributed by atoms with Gasteiger partial charge in [0.25, 0.3) is 0 Å². The average Bonchev–Trinajstić information content (AvgIpc) is 2.61. The molecule has 1 heterocycles. The Morgan fingerprint density at radius 1 is 1.36 bits per heavy atom. The lowest BCUT2D eigenvalue weighted by atomic mass is 9.97. The van der Waals surface area contributed by atoms with Crippen LogP contribution in [0.1, 0.15) is 25.3 Å². The Morgan fingerprint density at radius 3 is 2.60 bits per heavy atom. The van der Waals surface area contributed by atoms with Crippen molar-refractivity contribution in [2.75, 3.05) is 26.8 Å². The third-order valence-electron chi connectivity index (χ3n) is 4.11. The number of ether oxygens (including phenoxy) is 2. The molecular formula is C18H22ClNO5. The van der Waals surface area contributed by atoms with E-state index in [1.165, 1.54) is 13.2 Å². The van der Waals surface area contributed by atoms with Crippen molar-refractivity contribution in [3.63, 3.8) is 0 Å².